The quantitative estimate of drug-likeness (QED) is 0.479. The van der Waals surface area contributed by atoms with Crippen molar-refractivity contribution in [1.29, 1.82) is 0 Å². The Morgan fingerprint density at radius 3 is 2.34 bits per heavy atom. The normalized spacial score (nSPS) is 12.2. The third-order valence-electron chi connectivity index (χ3n) is 5.63. The van der Waals surface area contributed by atoms with Gasteiger partial charge in [-0.1, -0.05) is 35.9 Å². The molecule has 0 fully saturated rings. The number of aliphatic hydroxyl groups is 1. The zero-order valence-corrected chi connectivity index (χ0v) is 20.0. The molecule has 3 aromatic rings. The van der Waals surface area contributed by atoms with Gasteiger partial charge in [0.25, 0.3) is 5.91 Å². The summed E-state index contributed by atoms with van der Waals surface area (Å²) >= 11 is 6.38. The second kappa shape index (κ2) is 9.85. The zero-order chi connectivity index (χ0) is 22.9. The molecule has 0 unspecified atom stereocenters. The summed E-state index contributed by atoms with van der Waals surface area (Å²) in [5, 5.41) is 23.2. The lowest BCUT2D eigenvalue weighted by molar-refractivity contribution is -0.142. The average molecular weight is 479 g/mol. The van der Waals surface area contributed by atoms with E-state index in [1.807, 2.05) is 6.07 Å². The molecular formula is C23H27ClN2O5S. The summed E-state index contributed by atoms with van der Waals surface area (Å²) in [7, 11) is 3.29. The van der Waals surface area contributed by atoms with Gasteiger partial charge in [0.1, 0.15) is 11.4 Å². The Bertz CT molecular complexity index is 1140. The number of carbonyl (C=O) groups is 2. The molecule has 172 valence electrons. The van der Waals surface area contributed by atoms with Crippen LogP contribution in [0.4, 0.5) is 0 Å². The summed E-state index contributed by atoms with van der Waals surface area (Å²) in [6.07, 6.45) is 0. The van der Waals surface area contributed by atoms with Crippen LogP contribution < -0.4 is 10.1 Å². The van der Waals surface area contributed by atoms with Crippen LogP contribution >= 0.6 is 25.1 Å². The van der Waals surface area contributed by atoms with Gasteiger partial charge in [-0.2, -0.15) is 13.5 Å². The molecule has 0 saturated heterocycles. The predicted molar refractivity (Wildman–Crippen MR) is 129 cm³/mol. The average Bonchev–Trinajstić information content (AvgIpc) is 3.09. The van der Waals surface area contributed by atoms with E-state index >= 15 is 0 Å². The Hall–Kier alpha value is -2.68. The Labute approximate surface area is 198 Å². The predicted octanol–water partition coefficient (Wildman–Crippen LogP) is 3.78. The fourth-order valence-electron chi connectivity index (χ4n) is 3.45. The standard InChI is InChI=1S/C23H25ClN2O5.H2S/c1-23(2,22(29)30)14-7-5-13(6-8-14)16(12-27)25-21(28)18-11-15-17(26(18)3)9-10-19(31-4)20(15)24;/h5-11,16,27H,12H2,1-4H3,(H,25,28)(H,29,30);1H2/t16-;/m1./s1. The van der Waals surface area contributed by atoms with Crippen LogP contribution in [-0.4, -0.2) is 40.4 Å². The van der Waals surface area contributed by atoms with Crippen molar-refractivity contribution in [1.82, 2.24) is 9.88 Å². The minimum atomic E-state index is -1.04. The molecule has 9 heteroatoms. The molecule has 1 amide bonds. The fraction of sp³-hybridized carbons (Fsp3) is 0.304. The monoisotopic (exact) mass is 478 g/mol. The van der Waals surface area contributed by atoms with E-state index in [1.54, 1.807) is 61.9 Å². The van der Waals surface area contributed by atoms with Gasteiger partial charge in [-0.15, -0.1) is 0 Å². The van der Waals surface area contributed by atoms with Crippen molar-refractivity contribution in [2.45, 2.75) is 25.3 Å². The van der Waals surface area contributed by atoms with Crippen LogP contribution in [0.1, 0.15) is 41.5 Å². The number of aliphatic carboxylic acids is 1. The molecule has 0 bridgehead atoms. The number of aliphatic hydroxyl groups excluding tert-OH is 1. The van der Waals surface area contributed by atoms with Gasteiger partial charge in [-0.25, -0.2) is 0 Å². The first-order chi connectivity index (χ1) is 14.6. The number of halogens is 1. The summed E-state index contributed by atoms with van der Waals surface area (Å²) in [4.78, 5) is 24.4. The maximum Gasteiger partial charge on any atom is 0.313 e. The Morgan fingerprint density at radius 2 is 1.81 bits per heavy atom. The molecule has 32 heavy (non-hydrogen) atoms. The summed E-state index contributed by atoms with van der Waals surface area (Å²) < 4.78 is 6.96. The van der Waals surface area contributed by atoms with E-state index in [9.17, 15) is 19.8 Å². The van der Waals surface area contributed by atoms with E-state index in [1.165, 1.54) is 7.11 Å². The molecule has 3 N–H and O–H groups in total. The first-order valence-corrected chi connectivity index (χ1v) is 10.1. The second-order valence-electron chi connectivity index (χ2n) is 7.86. The molecule has 3 rings (SSSR count). The van der Waals surface area contributed by atoms with Gasteiger partial charge in [0, 0.05) is 12.4 Å². The van der Waals surface area contributed by atoms with Gasteiger partial charge < -0.3 is 24.8 Å². The molecule has 1 heterocycles. The van der Waals surface area contributed by atoms with Crippen LogP contribution in [0.3, 0.4) is 0 Å². The smallest absolute Gasteiger partial charge is 0.313 e. The van der Waals surface area contributed by atoms with Gasteiger partial charge in [-0.3, -0.25) is 9.59 Å². The molecule has 1 aromatic heterocycles. The van der Waals surface area contributed by atoms with Crippen LogP contribution in [0.15, 0.2) is 42.5 Å². The molecule has 0 spiro atoms. The number of hydrogen-bond acceptors (Lipinski definition) is 4. The van der Waals surface area contributed by atoms with Crippen LogP contribution in [0.2, 0.25) is 5.02 Å². The number of ether oxygens (including phenoxy) is 1. The Balaban J connectivity index is 0.00000363. The van der Waals surface area contributed by atoms with Gasteiger partial charge in [0.2, 0.25) is 0 Å². The Kier molecular flexibility index (Phi) is 7.88. The highest BCUT2D eigenvalue weighted by Gasteiger charge is 2.29. The number of carboxylic acids is 1. The molecular weight excluding hydrogens is 452 g/mol. The van der Waals surface area contributed by atoms with Gasteiger partial charge >= 0.3 is 5.97 Å². The number of nitrogens with zero attached hydrogens (tertiary/aromatic N) is 1. The number of aromatic nitrogens is 1. The molecule has 7 nitrogen and oxygen atoms in total. The highest BCUT2D eigenvalue weighted by atomic mass is 35.5. The summed E-state index contributed by atoms with van der Waals surface area (Å²) in [6.45, 7) is 2.93. The molecule has 0 aliphatic heterocycles. The molecule has 0 radical (unpaired) electrons. The number of rotatable bonds is 7. The van der Waals surface area contributed by atoms with Crippen molar-refractivity contribution in [2.75, 3.05) is 13.7 Å². The number of carboxylic acid groups (broad SMARTS) is 1. The number of hydrogen-bond donors (Lipinski definition) is 3. The Morgan fingerprint density at radius 1 is 1.19 bits per heavy atom. The number of nitrogens with one attached hydrogen (secondary N) is 1. The number of carbonyl (C=O) groups excluding carboxylic acids is 1. The van der Waals surface area contributed by atoms with Crippen molar-refractivity contribution in [3.05, 3.63) is 64.3 Å². The lowest BCUT2D eigenvalue weighted by Crippen LogP contribution is -2.32. The minimum absolute atomic E-state index is 0. The van der Waals surface area contributed by atoms with Gasteiger partial charge in [-0.05, 0) is 43.2 Å². The number of methoxy groups -OCH3 is 1. The third kappa shape index (κ3) is 4.57. The largest absolute Gasteiger partial charge is 0.495 e. The van der Waals surface area contributed by atoms with Crippen LogP contribution in [0, 0.1) is 0 Å². The molecule has 0 aliphatic rings. The highest BCUT2D eigenvalue weighted by Crippen LogP contribution is 2.34. The van der Waals surface area contributed by atoms with Crippen LogP contribution in [0.5, 0.6) is 5.75 Å². The first-order valence-electron chi connectivity index (χ1n) is 9.69. The van der Waals surface area contributed by atoms with Gasteiger partial charge in [0.05, 0.1) is 35.7 Å². The highest BCUT2D eigenvalue weighted by molar-refractivity contribution is 7.59. The van der Waals surface area contributed by atoms with Gasteiger partial charge in [0.15, 0.2) is 0 Å². The maximum absolute atomic E-state index is 13.0. The first kappa shape index (κ1) is 25.6. The molecule has 0 aliphatic carbocycles. The van der Waals surface area contributed by atoms with Crippen molar-refractivity contribution in [2.24, 2.45) is 7.05 Å². The van der Waals surface area contributed by atoms with E-state index in [-0.39, 0.29) is 26.0 Å². The van der Waals surface area contributed by atoms with Crippen molar-refractivity contribution in [3.8, 4) is 5.75 Å². The van der Waals surface area contributed by atoms with E-state index in [0.29, 0.717) is 33.0 Å². The van der Waals surface area contributed by atoms with Crippen molar-refractivity contribution in [3.63, 3.8) is 0 Å². The summed E-state index contributed by atoms with van der Waals surface area (Å²) in [5.74, 6) is -0.787. The SMILES string of the molecule is COc1ccc2c(cc(C(=O)N[C@H](CO)c3ccc(C(C)(C)C(=O)O)cc3)n2C)c1Cl.S. The van der Waals surface area contributed by atoms with Crippen LogP contribution in [0.25, 0.3) is 10.9 Å². The van der Waals surface area contributed by atoms with E-state index in [2.05, 4.69) is 5.32 Å². The van der Waals surface area contributed by atoms with E-state index in [4.69, 9.17) is 16.3 Å². The summed E-state index contributed by atoms with van der Waals surface area (Å²) in [5.41, 5.74) is 1.41. The third-order valence-corrected chi connectivity index (χ3v) is 6.02. The van der Waals surface area contributed by atoms with Crippen LogP contribution in [-0.2, 0) is 17.3 Å². The van der Waals surface area contributed by atoms with Crippen molar-refractivity contribution >= 4 is 47.9 Å². The fourth-order valence-corrected chi connectivity index (χ4v) is 3.74. The molecule has 1 atom stereocenters. The summed E-state index contributed by atoms with van der Waals surface area (Å²) in [6, 6.07) is 11.4. The minimum Gasteiger partial charge on any atom is -0.495 e. The number of aryl methyl sites for hydroxylation is 1. The number of benzene rings is 2. The lowest BCUT2D eigenvalue weighted by atomic mass is 9.84. The number of fused-ring (bicyclic) bond motifs is 1. The molecule has 2 aromatic carbocycles. The molecule has 0 saturated carbocycles. The zero-order valence-electron chi connectivity index (χ0n) is 18.3. The maximum atomic E-state index is 13.0. The second-order valence-corrected chi connectivity index (χ2v) is 8.24. The van der Waals surface area contributed by atoms with Crippen molar-refractivity contribution < 1.29 is 24.5 Å². The number of amides is 1. The van der Waals surface area contributed by atoms with E-state index in [0.717, 1.165) is 5.52 Å². The topological polar surface area (TPSA) is 101 Å². The lowest BCUT2D eigenvalue weighted by Gasteiger charge is -2.22. The van der Waals surface area contributed by atoms with E-state index < -0.39 is 17.4 Å².